The standard InChI is InChI=1S/C12H19NO2S/c1-9(2)16(14,15)12-6-4-5-11(7-12)10(3)8-13/h4-7,9-10H,8,13H2,1-3H3. The van der Waals surface area contributed by atoms with Crippen LogP contribution in [0.5, 0.6) is 0 Å². The summed E-state index contributed by atoms with van der Waals surface area (Å²) in [6.07, 6.45) is 0. The summed E-state index contributed by atoms with van der Waals surface area (Å²) in [5.74, 6) is 0.183. The number of rotatable bonds is 4. The van der Waals surface area contributed by atoms with Gasteiger partial charge in [0, 0.05) is 0 Å². The highest BCUT2D eigenvalue weighted by Gasteiger charge is 2.19. The Morgan fingerprint density at radius 1 is 1.25 bits per heavy atom. The highest BCUT2D eigenvalue weighted by atomic mass is 32.2. The molecule has 0 heterocycles. The molecule has 0 saturated heterocycles. The third-order valence-electron chi connectivity index (χ3n) is 2.73. The topological polar surface area (TPSA) is 60.2 Å². The van der Waals surface area contributed by atoms with Gasteiger partial charge in [-0.15, -0.1) is 0 Å². The Balaban J connectivity index is 3.18. The highest BCUT2D eigenvalue weighted by molar-refractivity contribution is 7.92. The van der Waals surface area contributed by atoms with Crippen LogP contribution in [0, 0.1) is 0 Å². The molecule has 0 aromatic heterocycles. The maximum absolute atomic E-state index is 12.0. The van der Waals surface area contributed by atoms with E-state index < -0.39 is 15.1 Å². The summed E-state index contributed by atoms with van der Waals surface area (Å²) in [5.41, 5.74) is 6.55. The molecule has 3 nitrogen and oxygen atoms in total. The van der Waals surface area contributed by atoms with Crippen LogP contribution in [0.1, 0.15) is 32.3 Å². The Hall–Kier alpha value is -0.870. The molecule has 16 heavy (non-hydrogen) atoms. The Labute approximate surface area is 97.6 Å². The summed E-state index contributed by atoms with van der Waals surface area (Å²) in [6, 6.07) is 7.06. The predicted octanol–water partition coefficient (Wildman–Crippen LogP) is 1.93. The van der Waals surface area contributed by atoms with E-state index in [-0.39, 0.29) is 5.92 Å². The molecule has 1 aromatic carbocycles. The van der Waals surface area contributed by atoms with Crippen LogP contribution in [0.3, 0.4) is 0 Å². The molecule has 0 radical (unpaired) electrons. The van der Waals surface area contributed by atoms with Crippen LogP contribution in [0.2, 0.25) is 0 Å². The Morgan fingerprint density at radius 3 is 2.38 bits per heavy atom. The first-order valence-corrected chi connectivity index (χ1v) is 6.98. The van der Waals surface area contributed by atoms with Crippen molar-refractivity contribution in [1.82, 2.24) is 0 Å². The molecule has 0 bridgehead atoms. The van der Waals surface area contributed by atoms with Crippen LogP contribution < -0.4 is 5.73 Å². The molecule has 0 aliphatic heterocycles. The van der Waals surface area contributed by atoms with Gasteiger partial charge in [-0.25, -0.2) is 8.42 Å². The fourth-order valence-corrected chi connectivity index (χ4v) is 2.52. The molecule has 0 aliphatic carbocycles. The van der Waals surface area contributed by atoms with Crippen LogP contribution >= 0.6 is 0 Å². The number of nitrogens with two attached hydrogens (primary N) is 1. The first kappa shape index (κ1) is 13.2. The van der Waals surface area contributed by atoms with E-state index in [4.69, 9.17) is 5.73 Å². The molecule has 0 saturated carbocycles. The molecule has 4 heteroatoms. The fourth-order valence-electron chi connectivity index (χ4n) is 1.41. The van der Waals surface area contributed by atoms with Crippen molar-refractivity contribution in [3.8, 4) is 0 Å². The molecule has 2 N–H and O–H groups in total. The van der Waals surface area contributed by atoms with E-state index in [1.807, 2.05) is 13.0 Å². The van der Waals surface area contributed by atoms with E-state index in [1.54, 1.807) is 32.0 Å². The van der Waals surface area contributed by atoms with Crippen molar-refractivity contribution in [2.24, 2.45) is 5.73 Å². The molecule has 1 rings (SSSR count). The summed E-state index contributed by atoms with van der Waals surface area (Å²) in [7, 11) is -3.18. The minimum atomic E-state index is -3.18. The molecule has 1 unspecified atom stereocenters. The zero-order chi connectivity index (χ0) is 12.3. The van der Waals surface area contributed by atoms with Crippen molar-refractivity contribution in [3.05, 3.63) is 29.8 Å². The van der Waals surface area contributed by atoms with E-state index in [1.165, 1.54) is 0 Å². The molecule has 0 fully saturated rings. The van der Waals surface area contributed by atoms with Gasteiger partial charge in [-0.3, -0.25) is 0 Å². The van der Waals surface area contributed by atoms with Gasteiger partial charge in [-0.2, -0.15) is 0 Å². The van der Waals surface area contributed by atoms with E-state index in [2.05, 4.69) is 0 Å². The fraction of sp³-hybridized carbons (Fsp3) is 0.500. The molecular formula is C12H19NO2S. The SMILES string of the molecule is CC(CN)c1cccc(S(=O)(=O)C(C)C)c1. The van der Waals surface area contributed by atoms with Gasteiger partial charge in [0.25, 0.3) is 0 Å². The Bertz CT molecular complexity index is 452. The number of sulfone groups is 1. The normalized spacial score (nSPS) is 14.1. The molecule has 0 aliphatic rings. The van der Waals surface area contributed by atoms with Crippen molar-refractivity contribution in [2.45, 2.75) is 36.8 Å². The third-order valence-corrected chi connectivity index (χ3v) is 4.88. The highest BCUT2D eigenvalue weighted by Crippen LogP contribution is 2.21. The third kappa shape index (κ3) is 2.62. The lowest BCUT2D eigenvalue weighted by Gasteiger charge is -2.12. The van der Waals surface area contributed by atoms with Gasteiger partial charge in [0.1, 0.15) is 0 Å². The largest absolute Gasteiger partial charge is 0.330 e. The average Bonchev–Trinajstić information content (AvgIpc) is 2.28. The van der Waals surface area contributed by atoms with E-state index in [9.17, 15) is 8.42 Å². The average molecular weight is 241 g/mol. The van der Waals surface area contributed by atoms with Crippen molar-refractivity contribution in [1.29, 1.82) is 0 Å². The van der Waals surface area contributed by atoms with Gasteiger partial charge in [0.2, 0.25) is 0 Å². The van der Waals surface area contributed by atoms with Crippen molar-refractivity contribution in [2.75, 3.05) is 6.54 Å². The van der Waals surface area contributed by atoms with Gasteiger partial charge < -0.3 is 5.73 Å². The summed E-state index contributed by atoms with van der Waals surface area (Å²) in [4.78, 5) is 0.389. The second-order valence-electron chi connectivity index (χ2n) is 4.30. The zero-order valence-corrected chi connectivity index (χ0v) is 10.8. The van der Waals surface area contributed by atoms with Crippen LogP contribution in [0.15, 0.2) is 29.2 Å². The Morgan fingerprint density at radius 2 is 1.88 bits per heavy atom. The van der Waals surface area contributed by atoms with Crippen molar-refractivity contribution < 1.29 is 8.42 Å². The second-order valence-corrected chi connectivity index (χ2v) is 6.81. The predicted molar refractivity (Wildman–Crippen MR) is 66.2 cm³/mol. The molecule has 0 amide bonds. The molecule has 0 spiro atoms. The van der Waals surface area contributed by atoms with Gasteiger partial charge in [-0.1, -0.05) is 19.1 Å². The Kier molecular flexibility index (Phi) is 4.10. The lowest BCUT2D eigenvalue weighted by Crippen LogP contribution is -2.15. The zero-order valence-electron chi connectivity index (χ0n) is 9.97. The second kappa shape index (κ2) is 4.97. The first-order chi connectivity index (χ1) is 7.39. The van der Waals surface area contributed by atoms with Gasteiger partial charge in [-0.05, 0) is 44.0 Å². The molecule has 1 atom stereocenters. The smallest absolute Gasteiger partial charge is 0.180 e. The summed E-state index contributed by atoms with van der Waals surface area (Å²) < 4.78 is 23.9. The number of hydrogen-bond donors (Lipinski definition) is 1. The lowest BCUT2D eigenvalue weighted by atomic mass is 10.0. The van der Waals surface area contributed by atoms with Crippen LogP contribution in [-0.4, -0.2) is 20.2 Å². The van der Waals surface area contributed by atoms with Gasteiger partial charge in [0.15, 0.2) is 9.84 Å². The quantitative estimate of drug-likeness (QED) is 0.876. The minimum absolute atomic E-state index is 0.183. The number of benzene rings is 1. The van der Waals surface area contributed by atoms with Crippen LogP contribution in [0.25, 0.3) is 0 Å². The molecule has 1 aromatic rings. The van der Waals surface area contributed by atoms with E-state index in [0.717, 1.165) is 5.56 Å². The maximum atomic E-state index is 12.0. The van der Waals surface area contributed by atoms with Crippen LogP contribution in [-0.2, 0) is 9.84 Å². The molecular weight excluding hydrogens is 222 g/mol. The van der Waals surface area contributed by atoms with Gasteiger partial charge in [0.05, 0.1) is 10.1 Å². The van der Waals surface area contributed by atoms with Crippen molar-refractivity contribution in [3.63, 3.8) is 0 Å². The molecule has 90 valence electrons. The summed E-state index contributed by atoms with van der Waals surface area (Å²) >= 11 is 0. The summed E-state index contributed by atoms with van der Waals surface area (Å²) in [6.45, 7) is 5.88. The monoisotopic (exact) mass is 241 g/mol. The lowest BCUT2D eigenvalue weighted by molar-refractivity contribution is 0.587. The van der Waals surface area contributed by atoms with Gasteiger partial charge >= 0.3 is 0 Å². The first-order valence-electron chi connectivity index (χ1n) is 5.43. The summed E-state index contributed by atoms with van der Waals surface area (Å²) in [5, 5.41) is -0.393. The number of hydrogen-bond acceptors (Lipinski definition) is 3. The van der Waals surface area contributed by atoms with E-state index in [0.29, 0.717) is 11.4 Å². The maximum Gasteiger partial charge on any atom is 0.180 e. The van der Waals surface area contributed by atoms with Crippen LogP contribution in [0.4, 0.5) is 0 Å². The van der Waals surface area contributed by atoms with Crippen molar-refractivity contribution >= 4 is 9.84 Å². The minimum Gasteiger partial charge on any atom is -0.330 e. The van der Waals surface area contributed by atoms with E-state index >= 15 is 0 Å².